The quantitative estimate of drug-likeness (QED) is 0.828. The number of nitrogens with two attached hydrogens (primary N) is 1. The van der Waals surface area contributed by atoms with Crippen LogP contribution in [0, 0.1) is 0 Å². The van der Waals surface area contributed by atoms with Crippen molar-refractivity contribution in [3.8, 4) is 11.5 Å². The molecule has 1 aliphatic heterocycles. The maximum Gasteiger partial charge on any atom is 0.252 e. The first-order valence-corrected chi connectivity index (χ1v) is 8.27. The largest absolute Gasteiger partial charge is 0.457 e. The minimum absolute atomic E-state index is 0.0862. The Morgan fingerprint density at radius 1 is 1.25 bits per heavy atom. The summed E-state index contributed by atoms with van der Waals surface area (Å²) in [6, 6.07) is 14.9. The third-order valence-corrected chi connectivity index (χ3v) is 4.35. The maximum absolute atomic E-state index is 12.3. The summed E-state index contributed by atoms with van der Waals surface area (Å²) < 4.78 is 5.77. The van der Waals surface area contributed by atoms with E-state index < -0.39 is 0 Å². The molecule has 1 heterocycles. The highest BCUT2D eigenvalue weighted by molar-refractivity contribution is 5.94. The molecular formula is C19H23N3O2. The Balaban J connectivity index is 1.61. The number of hydrogen-bond donors (Lipinski definition) is 2. The van der Waals surface area contributed by atoms with Crippen LogP contribution in [-0.4, -0.2) is 30.1 Å². The van der Waals surface area contributed by atoms with E-state index in [4.69, 9.17) is 10.5 Å². The van der Waals surface area contributed by atoms with Crippen LogP contribution < -0.4 is 15.8 Å². The van der Waals surface area contributed by atoms with Gasteiger partial charge in [-0.25, -0.2) is 0 Å². The van der Waals surface area contributed by atoms with Gasteiger partial charge in [0, 0.05) is 23.8 Å². The van der Waals surface area contributed by atoms with E-state index in [1.165, 1.54) is 12.8 Å². The molecule has 0 radical (unpaired) electrons. The van der Waals surface area contributed by atoms with Crippen LogP contribution in [-0.2, 0) is 0 Å². The summed E-state index contributed by atoms with van der Waals surface area (Å²) in [5.74, 6) is 1.23. The van der Waals surface area contributed by atoms with Crippen LogP contribution in [0.25, 0.3) is 0 Å². The fourth-order valence-corrected chi connectivity index (χ4v) is 2.88. The number of carbonyl (C=O) groups excluding carboxylic acids is 1. The second kappa shape index (κ2) is 7.36. The molecule has 2 aromatic rings. The molecule has 5 heteroatoms. The molecule has 126 valence electrons. The fourth-order valence-electron chi connectivity index (χ4n) is 2.88. The van der Waals surface area contributed by atoms with Crippen molar-refractivity contribution in [2.24, 2.45) is 0 Å². The summed E-state index contributed by atoms with van der Waals surface area (Å²) >= 11 is 0. The minimum Gasteiger partial charge on any atom is -0.457 e. The molecule has 3 rings (SSSR count). The summed E-state index contributed by atoms with van der Waals surface area (Å²) in [7, 11) is 0. The molecule has 0 aliphatic carbocycles. The average molecular weight is 325 g/mol. The summed E-state index contributed by atoms with van der Waals surface area (Å²) in [6.07, 6.45) is 2.39. The molecule has 24 heavy (non-hydrogen) atoms. The number of anilines is 1. The Labute approximate surface area is 142 Å². The molecule has 1 fully saturated rings. The normalized spacial score (nSPS) is 17.6. The third-order valence-electron chi connectivity index (χ3n) is 4.35. The first-order valence-electron chi connectivity index (χ1n) is 8.27. The van der Waals surface area contributed by atoms with Gasteiger partial charge in [-0.3, -0.25) is 9.69 Å². The number of rotatable bonds is 5. The van der Waals surface area contributed by atoms with E-state index in [0.717, 1.165) is 6.54 Å². The van der Waals surface area contributed by atoms with Crippen molar-refractivity contribution >= 4 is 11.6 Å². The second-order valence-corrected chi connectivity index (χ2v) is 6.17. The van der Waals surface area contributed by atoms with Gasteiger partial charge in [0.05, 0.1) is 6.67 Å². The second-order valence-electron chi connectivity index (χ2n) is 6.17. The number of amides is 1. The number of nitrogen functional groups attached to an aromatic ring is 1. The maximum atomic E-state index is 12.3. The molecule has 1 unspecified atom stereocenters. The Bertz CT molecular complexity index is 700. The van der Waals surface area contributed by atoms with Crippen LogP contribution in [0.4, 0.5) is 5.69 Å². The van der Waals surface area contributed by atoms with E-state index >= 15 is 0 Å². The highest BCUT2D eigenvalue weighted by Crippen LogP contribution is 2.23. The predicted octanol–water partition coefficient (Wildman–Crippen LogP) is 3.23. The summed E-state index contributed by atoms with van der Waals surface area (Å²) in [5, 5.41) is 2.98. The monoisotopic (exact) mass is 325 g/mol. The van der Waals surface area contributed by atoms with E-state index in [1.54, 1.807) is 36.4 Å². The lowest BCUT2D eigenvalue weighted by atomic mass is 10.2. The van der Waals surface area contributed by atoms with E-state index in [-0.39, 0.29) is 5.91 Å². The first kappa shape index (κ1) is 16.3. The molecule has 2 aromatic carbocycles. The van der Waals surface area contributed by atoms with Crippen molar-refractivity contribution in [2.75, 3.05) is 18.9 Å². The number of nitrogens with zero attached hydrogens (tertiary/aromatic N) is 1. The number of nitrogens with one attached hydrogen (secondary N) is 1. The van der Waals surface area contributed by atoms with Crippen molar-refractivity contribution in [3.05, 3.63) is 54.1 Å². The predicted molar refractivity (Wildman–Crippen MR) is 95.1 cm³/mol. The topological polar surface area (TPSA) is 67.6 Å². The van der Waals surface area contributed by atoms with Crippen LogP contribution in [0.5, 0.6) is 11.5 Å². The fraction of sp³-hybridized carbons (Fsp3) is 0.316. The van der Waals surface area contributed by atoms with Gasteiger partial charge in [0.15, 0.2) is 0 Å². The molecule has 1 saturated heterocycles. The number of hydrogen-bond acceptors (Lipinski definition) is 4. The lowest BCUT2D eigenvalue weighted by Gasteiger charge is -2.21. The minimum atomic E-state index is -0.0862. The van der Waals surface area contributed by atoms with Gasteiger partial charge in [-0.15, -0.1) is 0 Å². The van der Waals surface area contributed by atoms with E-state index in [1.807, 2.05) is 12.1 Å². The van der Waals surface area contributed by atoms with Crippen LogP contribution in [0.3, 0.4) is 0 Å². The Kier molecular flexibility index (Phi) is 5.01. The van der Waals surface area contributed by atoms with E-state index in [9.17, 15) is 4.79 Å². The Hall–Kier alpha value is -2.53. The van der Waals surface area contributed by atoms with Crippen molar-refractivity contribution < 1.29 is 9.53 Å². The zero-order valence-electron chi connectivity index (χ0n) is 13.9. The standard InChI is InChI=1S/C19H23N3O2/c1-14-4-3-11-22(14)13-21-19(23)15-5-2-6-18(12-15)24-17-9-7-16(20)8-10-17/h2,5-10,12,14H,3-4,11,13,20H2,1H3,(H,21,23). The van der Waals surface area contributed by atoms with Gasteiger partial charge in [0.2, 0.25) is 0 Å². The summed E-state index contributed by atoms with van der Waals surface area (Å²) in [5.41, 5.74) is 6.95. The number of likely N-dealkylation sites (tertiary alicyclic amines) is 1. The molecule has 0 spiro atoms. The van der Waals surface area contributed by atoms with Crippen LogP contribution in [0.2, 0.25) is 0 Å². The van der Waals surface area contributed by atoms with Crippen LogP contribution in [0.1, 0.15) is 30.1 Å². The lowest BCUT2D eigenvalue weighted by Crippen LogP contribution is -2.39. The van der Waals surface area contributed by atoms with Crippen molar-refractivity contribution in [3.63, 3.8) is 0 Å². The highest BCUT2D eigenvalue weighted by Gasteiger charge is 2.20. The van der Waals surface area contributed by atoms with Gasteiger partial charge in [-0.1, -0.05) is 6.07 Å². The summed E-state index contributed by atoms with van der Waals surface area (Å²) in [6.45, 7) is 3.82. The SMILES string of the molecule is CC1CCCN1CNC(=O)c1cccc(Oc2ccc(N)cc2)c1. The van der Waals surface area contributed by atoms with Crippen LogP contribution >= 0.6 is 0 Å². The third kappa shape index (κ3) is 4.06. The number of ether oxygens (including phenoxy) is 1. The molecule has 0 aromatic heterocycles. The Morgan fingerprint density at radius 3 is 2.75 bits per heavy atom. The first-order chi connectivity index (χ1) is 11.6. The van der Waals surface area contributed by atoms with Crippen LogP contribution in [0.15, 0.2) is 48.5 Å². The highest BCUT2D eigenvalue weighted by atomic mass is 16.5. The molecule has 0 bridgehead atoms. The molecule has 1 aliphatic rings. The van der Waals surface area contributed by atoms with Crippen molar-refractivity contribution in [2.45, 2.75) is 25.8 Å². The van der Waals surface area contributed by atoms with Crippen molar-refractivity contribution in [1.82, 2.24) is 10.2 Å². The molecular weight excluding hydrogens is 302 g/mol. The smallest absolute Gasteiger partial charge is 0.252 e. The van der Waals surface area contributed by atoms with Gasteiger partial charge in [0.1, 0.15) is 11.5 Å². The summed E-state index contributed by atoms with van der Waals surface area (Å²) in [4.78, 5) is 14.6. The van der Waals surface area contributed by atoms with Gasteiger partial charge in [-0.2, -0.15) is 0 Å². The van der Waals surface area contributed by atoms with E-state index in [2.05, 4.69) is 17.1 Å². The molecule has 1 amide bonds. The lowest BCUT2D eigenvalue weighted by molar-refractivity contribution is 0.0920. The number of benzene rings is 2. The molecule has 5 nitrogen and oxygen atoms in total. The zero-order chi connectivity index (χ0) is 16.9. The van der Waals surface area contributed by atoms with Crippen molar-refractivity contribution in [1.29, 1.82) is 0 Å². The molecule has 1 atom stereocenters. The van der Waals surface area contributed by atoms with Gasteiger partial charge < -0.3 is 15.8 Å². The molecule has 3 N–H and O–H groups in total. The number of carbonyl (C=O) groups is 1. The van der Waals surface area contributed by atoms with Gasteiger partial charge in [-0.05, 0) is 62.2 Å². The van der Waals surface area contributed by atoms with E-state index in [0.29, 0.717) is 35.5 Å². The van der Waals surface area contributed by atoms with Gasteiger partial charge >= 0.3 is 0 Å². The zero-order valence-corrected chi connectivity index (χ0v) is 13.9. The average Bonchev–Trinajstić information content (AvgIpc) is 3.00. The molecule has 0 saturated carbocycles. The van der Waals surface area contributed by atoms with Gasteiger partial charge in [0.25, 0.3) is 5.91 Å². The Morgan fingerprint density at radius 2 is 2.04 bits per heavy atom.